The summed E-state index contributed by atoms with van der Waals surface area (Å²) in [4.78, 5) is 23.5. The lowest BCUT2D eigenvalue weighted by molar-refractivity contribution is -0.120. The lowest BCUT2D eigenvalue weighted by Gasteiger charge is -2.20. The van der Waals surface area contributed by atoms with Crippen LogP contribution in [-0.2, 0) is 16.0 Å². The van der Waals surface area contributed by atoms with Gasteiger partial charge in [0.15, 0.2) is 0 Å². The molecular weight excluding hydrogens is 294 g/mol. The number of ether oxygens (including phenoxy) is 1. The molecule has 0 spiro atoms. The van der Waals surface area contributed by atoms with Crippen molar-refractivity contribution >= 4 is 11.9 Å². The summed E-state index contributed by atoms with van der Waals surface area (Å²) in [6.45, 7) is 3.19. The Kier molecular flexibility index (Phi) is 6.87. The molecule has 1 aromatic carbocycles. The summed E-state index contributed by atoms with van der Waals surface area (Å²) in [7, 11) is 0. The molecule has 0 aromatic heterocycles. The Morgan fingerprint density at radius 1 is 1.26 bits per heavy atom. The molecule has 0 aliphatic carbocycles. The maximum atomic E-state index is 11.8. The molecular formula is C17H25N3O3. The van der Waals surface area contributed by atoms with Crippen LogP contribution in [0.25, 0.3) is 0 Å². The zero-order valence-electron chi connectivity index (χ0n) is 13.5. The quantitative estimate of drug-likeness (QED) is 0.707. The predicted octanol–water partition coefficient (Wildman–Crippen LogP) is 1.21. The van der Waals surface area contributed by atoms with Crippen molar-refractivity contribution in [2.24, 2.45) is 0 Å². The van der Waals surface area contributed by atoms with Crippen molar-refractivity contribution in [3.05, 3.63) is 35.9 Å². The topological polar surface area (TPSA) is 79.5 Å². The monoisotopic (exact) mass is 319 g/mol. The van der Waals surface area contributed by atoms with Crippen LogP contribution in [0.1, 0.15) is 25.3 Å². The summed E-state index contributed by atoms with van der Waals surface area (Å²) in [6, 6.07) is 9.54. The molecule has 1 saturated heterocycles. The average Bonchev–Trinajstić information content (AvgIpc) is 3.08. The van der Waals surface area contributed by atoms with Gasteiger partial charge in [-0.3, -0.25) is 4.79 Å². The van der Waals surface area contributed by atoms with Crippen molar-refractivity contribution < 1.29 is 14.3 Å². The maximum Gasteiger partial charge on any atom is 0.315 e. The number of carbonyl (C=O) groups excluding carboxylic acids is 2. The fraction of sp³-hybridized carbons (Fsp3) is 0.529. The summed E-state index contributed by atoms with van der Waals surface area (Å²) in [6.07, 6.45) is 2.83. The Morgan fingerprint density at radius 3 is 2.74 bits per heavy atom. The van der Waals surface area contributed by atoms with Crippen LogP contribution in [-0.4, -0.2) is 43.8 Å². The summed E-state index contributed by atoms with van der Waals surface area (Å²) >= 11 is 0. The van der Waals surface area contributed by atoms with E-state index >= 15 is 0 Å². The number of nitrogens with one attached hydrogen (secondary N) is 3. The van der Waals surface area contributed by atoms with Crippen molar-refractivity contribution in [2.45, 2.75) is 38.3 Å². The summed E-state index contributed by atoms with van der Waals surface area (Å²) in [5, 5.41) is 8.16. The highest BCUT2D eigenvalue weighted by molar-refractivity contribution is 5.83. The van der Waals surface area contributed by atoms with Gasteiger partial charge in [0.2, 0.25) is 5.91 Å². The molecule has 1 fully saturated rings. The van der Waals surface area contributed by atoms with Gasteiger partial charge in [-0.15, -0.1) is 0 Å². The van der Waals surface area contributed by atoms with Crippen LogP contribution in [0.4, 0.5) is 4.79 Å². The zero-order valence-corrected chi connectivity index (χ0v) is 13.5. The second-order valence-corrected chi connectivity index (χ2v) is 5.75. The summed E-state index contributed by atoms with van der Waals surface area (Å²) in [5.74, 6) is -0.194. The number of benzene rings is 1. The van der Waals surface area contributed by atoms with Crippen LogP contribution in [0, 0.1) is 0 Å². The highest BCUT2D eigenvalue weighted by atomic mass is 16.5. The molecule has 1 aromatic rings. The normalized spacial score (nSPS) is 18.2. The van der Waals surface area contributed by atoms with Crippen molar-refractivity contribution in [1.82, 2.24) is 16.0 Å². The maximum absolute atomic E-state index is 11.8. The van der Waals surface area contributed by atoms with Crippen molar-refractivity contribution in [1.29, 1.82) is 0 Å². The highest BCUT2D eigenvalue weighted by Gasteiger charge is 2.23. The van der Waals surface area contributed by atoms with Gasteiger partial charge >= 0.3 is 6.03 Å². The first-order valence-corrected chi connectivity index (χ1v) is 8.12. The molecule has 3 N–H and O–H groups in total. The second-order valence-electron chi connectivity index (χ2n) is 5.75. The van der Waals surface area contributed by atoms with Gasteiger partial charge in [-0.05, 0) is 31.7 Å². The molecule has 126 valence electrons. The molecule has 1 aliphatic heterocycles. The first kappa shape index (κ1) is 17.3. The lowest BCUT2D eigenvalue weighted by atomic mass is 10.1. The van der Waals surface area contributed by atoms with Gasteiger partial charge in [0.1, 0.15) is 0 Å². The molecule has 0 saturated carbocycles. The molecule has 1 aliphatic rings. The van der Waals surface area contributed by atoms with Gasteiger partial charge in [0.05, 0.1) is 18.7 Å². The molecule has 0 unspecified atom stereocenters. The number of hydrogen-bond donors (Lipinski definition) is 3. The van der Waals surface area contributed by atoms with E-state index in [1.54, 1.807) is 0 Å². The Balaban J connectivity index is 1.57. The Bertz CT molecular complexity index is 501. The fourth-order valence-electron chi connectivity index (χ4n) is 2.56. The highest BCUT2D eigenvalue weighted by Crippen LogP contribution is 2.15. The van der Waals surface area contributed by atoms with E-state index in [0.29, 0.717) is 6.54 Å². The standard InChI is InChI=1S/C17H25N3O3/c1-13(15-8-5-11-23-15)20-17(22)19-12-16(21)18-10-9-14-6-3-2-4-7-14/h2-4,6-7,13,15H,5,8-12H2,1H3,(H,18,21)(H2,19,20,22)/t13-,15+/m0/s1. The lowest BCUT2D eigenvalue weighted by Crippen LogP contribution is -2.48. The van der Waals surface area contributed by atoms with Gasteiger partial charge in [0.25, 0.3) is 0 Å². The molecule has 6 heteroatoms. The molecule has 0 radical (unpaired) electrons. The largest absolute Gasteiger partial charge is 0.376 e. The first-order valence-electron chi connectivity index (χ1n) is 8.12. The van der Waals surface area contributed by atoms with E-state index in [-0.39, 0.29) is 30.6 Å². The number of carbonyl (C=O) groups is 2. The second kappa shape index (κ2) is 9.15. The zero-order chi connectivity index (χ0) is 16.5. The van der Waals surface area contributed by atoms with Crippen molar-refractivity contribution in [3.63, 3.8) is 0 Å². The van der Waals surface area contributed by atoms with E-state index in [1.807, 2.05) is 37.3 Å². The summed E-state index contributed by atoms with van der Waals surface area (Å²) < 4.78 is 5.51. The fourth-order valence-corrected chi connectivity index (χ4v) is 2.56. The summed E-state index contributed by atoms with van der Waals surface area (Å²) in [5.41, 5.74) is 1.17. The minimum absolute atomic E-state index is 0.0289. The predicted molar refractivity (Wildman–Crippen MR) is 88.1 cm³/mol. The minimum atomic E-state index is -0.341. The van der Waals surface area contributed by atoms with Gasteiger partial charge in [-0.25, -0.2) is 4.79 Å². The molecule has 0 bridgehead atoms. The van der Waals surface area contributed by atoms with Gasteiger partial charge in [-0.2, -0.15) is 0 Å². The number of urea groups is 1. The smallest absolute Gasteiger partial charge is 0.315 e. The van der Waals surface area contributed by atoms with E-state index in [1.165, 1.54) is 5.56 Å². The van der Waals surface area contributed by atoms with E-state index in [4.69, 9.17) is 4.74 Å². The Hall–Kier alpha value is -2.08. The molecule has 2 atom stereocenters. The average molecular weight is 319 g/mol. The van der Waals surface area contributed by atoms with E-state index < -0.39 is 0 Å². The third kappa shape index (κ3) is 6.28. The van der Waals surface area contributed by atoms with Crippen LogP contribution < -0.4 is 16.0 Å². The molecule has 3 amide bonds. The first-order chi connectivity index (χ1) is 11.1. The minimum Gasteiger partial charge on any atom is -0.376 e. The van der Waals surface area contributed by atoms with Crippen molar-refractivity contribution in [3.8, 4) is 0 Å². The Morgan fingerprint density at radius 2 is 2.04 bits per heavy atom. The van der Waals surface area contributed by atoms with Crippen molar-refractivity contribution in [2.75, 3.05) is 19.7 Å². The molecule has 1 heterocycles. The van der Waals surface area contributed by atoms with E-state index in [9.17, 15) is 9.59 Å². The van der Waals surface area contributed by atoms with Crippen LogP contribution >= 0.6 is 0 Å². The third-order valence-electron chi connectivity index (χ3n) is 3.87. The number of hydrogen-bond acceptors (Lipinski definition) is 3. The van der Waals surface area contributed by atoms with Crippen LogP contribution in [0.15, 0.2) is 30.3 Å². The van der Waals surface area contributed by atoms with Gasteiger partial charge in [0, 0.05) is 13.2 Å². The van der Waals surface area contributed by atoms with Crippen LogP contribution in [0.3, 0.4) is 0 Å². The van der Waals surface area contributed by atoms with Gasteiger partial charge < -0.3 is 20.7 Å². The Labute approximate surface area is 137 Å². The van der Waals surface area contributed by atoms with Gasteiger partial charge in [-0.1, -0.05) is 30.3 Å². The molecule has 2 rings (SSSR count). The van der Waals surface area contributed by atoms with E-state index in [2.05, 4.69) is 16.0 Å². The van der Waals surface area contributed by atoms with E-state index in [0.717, 1.165) is 25.9 Å². The SMILES string of the molecule is C[C@H](NC(=O)NCC(=O)NCCc1ccccc1)[C@H]1CCCO1. The van der Waals surface area contributed by atoms with Crippen LogP contribution in [0.5, 0.6) is 0 Å². The number of rotatable bonds is 7. The third-order valence-corrected chi connectivity index (χ3v) is 3.87. The molecule has 6 nitrogen and oxygen atoms in total. The molecule has 23 heavy (non-hydrogen) atoms. The number of amides is 3. The van der Waals surface area contributed by atoms with Crippen LogP contribution in [0.2, 0.25) is 0 Å².